The fourth-order valence-electron chi connectivity index (χ4n) is 7.50. The Balaban J connectivity index is 1.29. The van der Waals surface area contributed by atoms with Crippen LogP contribution >= 0.6 is 0 Å². The lowest BCUT2D eigenvalue weighted by atomic mass is 9.88. The molecule has 0 amide bonds. The molecule has 0 bridgehead atoms. The van der Waals surface area contributed by atoms with Crippen molar-refractivity contribution in [1.29, 1.82) is 5.26 Å². The number of rotatable bonds is 4. The molecule has 0 atom stereocenters. The second-order valence-corrected chi connectivity index (χ2v) is 12.2. The van der Waals surface area contributed by atoms with E-state index in [1.807, 2.05) is 48.5 Å². The maximum absolute atomic E-state index is 10.5. The number of hydrogen-bond donors (Lipinski definition) is 0. The van der Waals surface area contributed by atoms with Crippen molar-refractivity contribution in [2.75, 3.05) is 0 Å². The van der Waals surface area contributed by atoms with E-state index in [9.17, 15) is 5.26 Å². The van der Waals surface area contributed by atoms with Gasteiger partial charge in [-0.15, -0.1) is 0 Å². The van der Waals surface area contributed by atoms with E-state index in [4.69, 9.17) is 13.1 Å². The topological polar surface area (TPSA) is 42.4 Å². The Hall–Kier alpha value is -7.39. The van der Waals surface area contributed by atoms with Gasteiger partial charge in [-0.3, -0.25) is 0 Å². The van der Waals surface area contributed by atoms with Crippen LogP contribution in [0.3, 0.4) is 0 Å². The third-order valence-corrected chi connectivity index (χ3v) is 9.62. The van der Waals surface area contributed by atoms with Gasteiger partial charge >= 0.3 is 0 Å². The van der Waals surface area contributed by atoms with Gasteiger partial charge in [-0.1, -0.05) is 103 Å². The third kappa shape index (κ3) is 4.24. The van der Waals surface area contributed by atoms with E-state index in [1.54, 1.807) is 12.1 Å². The van der Waals surface area contributed by atoms with Crippen LogP contribution in [0.4, 0.5) is 11.4 Å². The Morgan fingerprint density at radius 2 is 1.08 bits per heavy atom. The van der Waals surface area contributed by atoms with Crippen molar-refractivity contribution in [3.05, 3.63) is 180 Å². The smallest absolute Gasteiger partial charge is 0.195 e. The van der Waals surface area contributed by atoms with Crippen molar-refractivity contribution in [3.8, 4) is 39.7 Å². The minimum Gasteiger partial charge on any atom is -0.309 e. The molecule has 0 unspecified atom stereocenters. The standard InChI is InChI=1S/C45H25N5/c1-47-31-22-26-43-37(27-31)35-13-5-9-17-41(35)50(43)42-18-10-6-14-36(42)45-38(48-2)25-21-30(28-46)44(45)29-19-23-32(24-20-29)49-39-15-7-3-11-33(39)34-12-4-8-16-40(34)49/h3-27H. The summed E-state index contributed by atoms with van der Waals surface area (Å²) in [6, 6.07) is 53.1. The van der Waals surface area contributed by atoms with Crippen LogP contribution < -0.4 is 0 Å². The molecular formula is C45H25N5. The summed E-state index contributed by atoms with van der Waals surface area (Å²) in [5.74, 6) is 0. The molecule has 0 aliphatic carbocycles. The molecule has 0 aliphatic heterocycles. The second kappa shape index (κ2) is 11.4. The zero-order chi connectivity index (χ0) is 33.8. The summed E-state index contributed by atoms with van der Waals surface area (Å²) < 4.78 is 4.47. The number of nitriles is 1. The van der Waals surface area contributed by atoms with Gasteiger partial charge in [0.25, 0.3) is 0 Å². The first-order valence-electron chi connectivity index (χ1n) is 16.2. The Labute approximate surface area is 288 Å². The number of nitrogens with zero attached hydrogens (tertiary/aromatic N) is 5. The van der Waals surface area contributed by atoms with Gasteiger partial charge in [0, 0.05) is 21.8 Å². The predicted molar refractivity (Wildman–Crippen MR) is 203 cm³/mol. The normalized spacial score (nSPS) is 11.1. The van der Waals surface area contributed by atoms with Crippen molar-refractivity contribution < 1.29 is 0 Å². The molecule has 230 valence electrons. The van der Waals surface area contributed by atoms with Crippen molar-refractivity contribution in [2.24, 2.45) is 0 Å². The van der Waals surface area contributed by atoms with E-state index in [-0.39, 0.29) is 0 Å². The Bertz CT molecular complexity index is 2900. The maximum atomic E-state index is 10.5. The van der Waals surface area contributed by atoms with E-state index < -0.39 is 0 Å². The summed E-state index contributed by atoms with van der Waals surface area (Å²) in [7, 11) is 0. The van der Waals surface area contributed by atoms with Crippen LogP contribution in [-0.2, 0) is 0 Å². The Morgan fingerprint density at radius 1 is 0.500 bits per heavy atom. The Morgan fingerprint density at radius 3 is 1.72 bits per heavy atom. The molecule has 0 aliphatic rings. The number of hydrogen-bond acceptors (Lipinski definition) is 1. The minimum atomic E-state index is 0.467. The molecule has 0 saturated heterocycles. The number of aromatic nitrogens is 2. The van der Waals surface area contributed by atoms with Crippen LogP contribution in [0.2, 0.25) is 0 Å². The maximum Gasteiger partial charge on any atom is 0.195 e. The van der Waals surface area contributed by atoms with Gasteiger partial charge in [-0.2, -0.15) is 5.26 Å². The summed E-state index contributed by atoms with van der Waals surface area (Å²) >= 11 is 0. The highest BCUT2D eigenvalue weighted by Crippen LogP contribution is 2.46. The first-order chi connectivity index (χ1) is 24.7. The number of para-hydroxylation sites is 4. The minimum absolute atomic E-state index is 0.467. The number of fused-ring (bicyclic) bond motifs is 6. The molecule has 5 nitrogen and oxygen atoms in total. The molecule has 0 radical (unpaired) electrons. The molecule has 9 rings (SSSR count). The van der Waals surface area contributed by atoms with Gasteiger partial charge in [-0.05, 0) is 76.2 Å². The van der Waals surface area contributed by atoms with Crippen LogP contribution in [0.1, 0.15) is 5.56 Å². The van der Waals surface area contributed by atoms with Gasteiger partial charge in [0.1, 0.15) is 0 Å². The van der Waals surface area contributed by atoms with E-state index in [1.165, 1.54) is 10.8 Å². The molecule has 9 aromatic rings. The van der Waals surface area contributed by atoms with Crippen LogP contribution in [0, 0.1) is 24.5 Å². The highest BCUT2D eigenvalue weighted by molar-refractivity contribution is 6.12. The zero-order valence-electron chi connectivity index (χ0n) is 26.7. The van der Waals surface area contributed by atoms with Crippen molar-refractivity contribution in [1.82, 2.24) is 9.13 Å². The molecular weight excluding hydrogens is 611 g/mol. The molecule has 5 heteroatoms. The van der Waals surface area contributed by atoms with E-state index >= 15 is 0 Å². The lowest BCUT2D eigenvalue weighted by Crippen LogP contribution is -1.99. The second-order valence-electron chi connectivity index (χ2n) is 12.2. The average molecular weight is 636 g/mol. The van der Waals surface area contributed by atoms with Crippen molar-refractivity contribution in [3.63, 3.8) is 0 Å². The first kappa shape index (κ1) is 28.8. The van der Waals surface area contributed by atoms with Gasteiger partial charge in [0.15, 0.2) is 11.4 Å². The van der Waals surface area contributed by atoms with Gasteiger partial charge in [0.2, 0.25) is 0 Å². The van der Waals surface area contributed by atoms with Gasteiger partial charge in [-0.25, -0.2) is 9.69 Å². The lowest BCUT2D eigenvalue weighted by Gasteiger charge is -2.19. The molecule has 0 N–H and O–H groups in total. The SMILES string of the molecule is [C-]#[N+]c1ccc2c(c1)c1ccccc1n2-c1ccccc1-c1c([N+]#[C-])ccc(C#N)c1-c1ccc(-n2c3ccccc3c3ccccc32)cc1. The summed E-state index contributed by atoms with van der Waals surface area (Å²) in [6.07, 6.45) is 0. The molecule has 0 saturated carbocycles. The summed E-state index contributed by atoms with van der Waals surface area (Å²) in [4.78, 5) is 7.69. The van der Waals surface area contributed by atoms with Crippen molar-refractivity contribution >= 4 is 55.0 Å². The molecule has 2 aromatic heterocycles. The van der Waals surface area contributed by atoms with E-state index in [0.717, 1.165) is 60.9 Å². The number of benzene rings is 7. The Kier molecular flexibility index (Phi) is 6.56. The highest BCUT2D eigenvalue weighted by Gasteiger charge is 2.22. The largest absolute Gasteiger partial charge is 0.309 e. The van der Waals surface area contributed by atoms with Crippen LogP contribution in [0.25, 0.3) is 86.9 Å². The third-order valence-electron chi connectivity index (χ3n) is 9.62. The first-order valence-corrected chi connectivity index (χ1v) is 16.2. The van der Waals surface area contributed by atoms with Crippen molar-refractivity contribution in [2.45, 2.75) is 0 Å². The fraction of sp³-hybridized carbons (Fsp3) is 0. The zero-order valence-corrected chi connectivity index (χ0v) is 26.7. The monoisotopic (exact) mass is 635 g/mol. The highest BCUT2D eigenvalue weighted by atomic mass is 15.0. The van der Waals surface area contributed by atoms with Gasteiger partial charge < -0.3 is 9.13 Å². The predicted octanol–water partition coefficient (Wildman–Crippen LogP) is 12.2. The average Bonchev–Trinajstić information content (AvgIpc) is 3.70. The van der Waals surface area contributed by atoms with Crippen LogP contribution in [-0.4, -0.2) is 9.13 Å². The molecule has 50 heavy (non-hydrogen) atoms. The lowest BCUT2D eigenvalue weighted by molar-refractivity contribution is 1.18. The molecule has 7 aromatic carbocycles. The van der Waals surface area contributed by atoms with E-state index in [2.05, 4.69) is 116 Å². The van der Waals surface area contributed by atoms with E-state index in [0.29, 0.717) is 22.5 Å². The molecule has 0 fully saturated rings. The summed E-state index contributed by atoms with van der Waals surface area (Å²) in [5.41, 5.74) is 10.8. The summed E-state index contributed by atoms with van der Waals surface area (Å²) in [5, 5.41) is 14.9. The fourth-order valence-corrected chi connectivity index (χ4v) is 7.50. The van der Waals surface area contributed by atoms with Crippen LogP contribution in [0.5, 0.6) is 0 Å². The quantitative estimate of drug-likeness (QED) is 0.177. The molecule has 0 spiro atoms. The van der Waals surface area contributed by atoms with Crippen LogP contribution in [0.15, 0.2) is 152 Å². The molecule has 2 heterocycles. The summed E-state index contributed by atoms with van der Waals surface area (Å²) in [6.45, 7) is 15.9. The van der Waals surface area contributed by atoms with Gasteiger partial charge in [0.05, 0.1) is 52.5 Å².